The summed E-state index contributed by atoms with van der Waals surface area (Å²) in [6.45, 7) is 3.24. The minimum atomic E-state index is -0.519. The van der Waals surface area contributed by atoms with Crippen molar-refractivity contribution in [3.8, 4) is 5.75 Å². The van der Waals surface area contributed by atoms with E-state index < -0.39 is 6.04 Å². The van der Waals surface area contributed by atoms with Gasteiger partial charge in [0.15, 0.2) is 0 Å². The van der Waals surface area contributed by atoms with Crippen LogP contribution in [0.15, 0.2) is 78.9 Å². The summed E-state index contributed by atoms with van der Waals surface area (Å²) in [5.74, 6) is 0.804. The van der Waals surface area contributed by atoms with Crippen molar-refractivity contribution in [3.63, 3.8) is 0 Å². The fourth-order valence-electron chi connectivity index (χ4n) is 4.89. The van der Waals surface area contributed by atoms with E-state index in [0.29, 0.717) is 31.6 Å². The fraction of sp³-hybridized carbons (Fsp3) is 0.286. The first kappa shape index (κ1) is 22.0. The largest absolute Gasteiger partial charge is 0.497 e. The molecule has 174 valence electrons. The Morgan fingerprint density at radius 1 is 0.882 bits per heavy atom. The normalized spacial score (nSPS) is 16.4. The number of hydrogen-bond donors (Lipinski definition) is 0. The number of carbonyl (C=O) groups is 2. The van der Waals surface area contributed by atoms with Gasteiger partial charge in [0.05, 0.1) is 7.11 Å². The predicted octanol–water partition coefficient (Wildman–Crippen LogP) is 3.61. The number of fused-ring (bicyclic) bond motifs is 1. The molecule has 0 saturated carbocycles. The van der Waals surface area contributed by atoms with E-state index in [9.17, 15) is 9.59 Å². The average molecular weight is 456 g/mol. The first-order valence-corrected chi connectivity index (χ1v) is 11.7. The molecule has 2 heterocycles. The molecule has 0 radical (unpaired) electrons. The molecule has 2 aliphatic rings. The van der Waals surface area contributed by atoms with Gasteiger partial charge in [-0.15, -0.1) is 0 Å². The van der Waals surface area contributed by atoms with E-state index in [1.165, 1.54) is 0 Å². The number of piperazine rings is 1. The van der Waals surface area contributed by atoms with E-state index >= 15 is 0 Å². The number of rotatable bonds is 6. The maximum atomic E-state index is 13.8. The Morgan fingerprint density at radius 2 is 1.56 bits per heavy atom. The number of anilines is 1. The molecular formula is C28H29N3O3. The summed E-state index contributed by atoms with van der Waals surface area (Å²) < 4.78 is 5.26. The number of ether oxygens (including phenoxy) is 1. The number of amides is 2. The number of benzene rings is 3. The zero-order valence-corrected chi connectivity index (χ0v) is 19.4. The van der Waals surface area contributed by atoms with Crippen LogP contribution in [0.3, 0.4) is 0 Å². The molecule has 0 bridgehead atoms. The summed E-state index contributed by atoms with van der Waals surface area (Å²) >= 11 is 0. The second kappa shape index (κ2) is 9.59. The van der Waals surface area contributed by atoms with Gasteiger partial charge in [-0.1, -0.05) is 48.5 Å². The van der Waals surface area contributed by atoms with Crippen molar-refractivity contribution in [3.05, 3.63) is 95.6 Å². The quantitative estimate of drug-likeness (QED) is 0.570. The third kappa shape index (κ3) is 4.36. The second-order valence-electron chi connectivity index (χ2n) is 8.81. The molecule has 3 aromatic rings. The van der Waals surface area contributed by atoms with Gasteiger partial charge in [-0.05, 0) is 41.5 Å². The van der Waals surface area contributed by atoms with Crippen LogP contribution in [0.5, 0.6) is 5.75 Å². The van der Waals surface area contributed by atoms with Gasteiger partial charge >= 0.3 is 0 Å². The van der Waals surface area contributed by atoms with Crippen LogP contribution >= 0.6 is 0 Å². The highest BCUT2D eigenvalue weighted by Crippen LogP contribution is 2.27. The van der Waals surface area contributed by atoms with E-state index in [4.69, 9.17) is 4.74 Å². The molecule has 6 heteroatoms. The van der Waals surface area contributed by atoms with E-state index in [1.807, 2.05) is 71.6 Å². The summed E-state index contributed by atoms with van der Waals surface area (Å²) in [5, 5.41) is 0. The Bertz CT molecular complexity index is 1160. The molecule has 3 aromatic carbocycles. The molecule has 1 atom stereocenters. The van der Waals surface area contributed by atoms with Gasteiger partial charge in [0.2, 0.25) is 5.91 Å². The molecule has 0 aliphatic carbocycles. The number of nitrogens with zero attached hydrogens (tertiary/aromatic N) is 3. The average Bonchev–Trinajstić information content (AvgIpc) is 3.24. The van der Waals surface area contributed by atoms with Crippen molar-refractivity contribution in [2.75, 3.05) is 38.2 Å². The van der Waals surface area contributed by atoms with Crippen LogP contribution in [0.2, 0.25) is 0 Å². The van der Waals surface area contributed by atoms with Crippen LogP contribution < -0.4 is 9.64 Å². The van der Waals surface area contributed by atoms with Crippen LogP contribution in [0.4, 0.5) is 5.69 Å². The van der Waals surface area contributed by atoms with E-state index in [0.717, 1.165) is 35.7 Å². The smallest absolute Gasteiger partial charge is 0.255 e. The Labute approximate surface area is 200 Å². The van der Waals surface area contributed by atoms with Crippen LogP contribution in [0.25, 0.3) is 0 Å². The number of hydrogen-bond acceptors (Lipinski definition) is 4. The van der Waals surface area contributed by atoms with Crippen LogP contribution in [-0.2, 0) is 17.8 Å². The highest BCUT2D eigenvalue weighted by molar-refractivity contribution is 6.01. The fourth-order valence-corrected chi connectivity index (χ4v) is 4.89. The Balaban J connectivity index is 1.32. The molecule has 1 fully saturated rings. The van der Waals surface area contributed by atoms with Gasteiger partial charge in [-0.3, -0.25) is 9.59 Å². The Kier molecular flexibility index (Phi) is 6.21. The van der Waals surface area contributed by atoms with E-state index in [2.05, 4.69) is 17.0 Å². The third-order valence-corrected chi connectivity index (χ3v) is 6.81. The maximum Gasteiger partial charge on any atom is 0.255 e. The standard InChI is InChI=1S/C28H29N3O3/c1-34-24-13-11-23(12-14-24)29-15-17-30(18-16-29)28(33)26(19-21-7-3-2-4-8-21)31-20-22-9-5-6-10-25(22)27(31)32/h2-14,26H,15-20H2,1H3/t26-/m0/s1. The van der Waals surface area contributed by atoms with Gasteiger partial charge in [0, 0.05) is 50.4 Å². The molecule has 2 aliphatic heterocycles. The van der Waals surface area contributed by atoms with Gasteiger partial charge in [0.25, 0.3) is 5.91 Å². The maximum absolute atomic E-state index is 13.8. The third-order valence-electron chi connectivity index (χ3n) is 6.81. The first-order valence-electron chi connectivity index (χ1n) is 11.7. The number of carbonyl (C=O) groups excluding carboxylic acids is 2. The molecule has 5 rings (SSSR count). The lowest BCUT2D eigenvalue weighted by molar-refractivity contribution is -0.136. The summed E-state index contributed by atoms with van der Waals surface area (Å²) in [6, 6.07) is 25.1. The zero-order valence-electron chi connectivity index (χ0n) is 19.4. The Morgan fingerprint density at radius 3 is 2.24 bits per heavy atom. The van der Waals surface area contributed by atoms with Crippen molar-refractivity contribution < 1.29 is 14.3 Å². The lowest BCUT2D eigenvalue weighted by Gasteiger charge is -2.39. The molecule has 0 spiro atoms. The van der Waals surface area contributed by atoms with Crippen molar-refractivity contribution in [2.45, 2.75) is 19.0 Å². The molecule has 1 saturated heterocycles. The number of methoxy groups -OCH3 is 1. The summed E-state index contributed by atoms with van der Waals surface area (Å²) in [5.41, 5.74) is 3.88. The van der Waals surface area contributed by atoms with E-state index in [-0.39, 0.29) is 11.8 Å². The lowest BCUT2D eigenvalue weighted by atomic mass is 10.0. The molecule has 0 N–H and O–H groups in total. The van der Waals surface area contributed by atoms with Crippen molar-refractivity contribution >= 4 is 17.5 Å². The molecule has 0 aromatic heterocycles. The highest BCUT2D eigenvalue weighted by atomic mass is 16.5. The van der Waals surface area contributed by atoms with Crippen LogP contribution in [-0.4, -0.2) is 60.9 Å². The minimum Gasteiger partial charge on any atom is -0.497 e. The lowest BCUT2D eigenvalue weighted by Crippen LogP contribution is -2.55. The summed E-state index contributed by atoms with van der Waals surface area (Å²) in [7, 11) is 1.66. The van der Waals surface area contributed by atoms with Crippen molar-refractivity contribution in [2.24, 2.45) is 0 Å². The van der Waals surface area contributed by atoms with Crippen molar-refractivity contribution in [1.29, 1.82) is 0 Å². The molecule has 0 unspecified atom stereocenters. The topological polar surface area (TPSA) is 53.1 Å². The van der Waals surface area contributed by atoms with Gasteiger partial charge < -0.3 is 19.4 Å². The molecular weight excluding hydrogens is 426 g/mol. The van der Waals surface area contributed by atoms with Crippen molar-refractivity contribution in [1.82, 2.24) is 9.80 Å². The van der Waals surface area contributed by atoms with E-state index in [1.54, 1.807) is 12.0 Å². The molecule has 34 heavy (non-hydrogen) atoms. The monoisotopic (exact) mass is 455 g/mol. The Hall–Kier alpha value is -3.80. The van der Waals surface area contributed by atoms with Gasteiger partial charge in [0.1, 0.15) is 11.8 Å². The van der Waals surface area contributed by atoms with Gasteiger partial charge in [-0.25, -0.2) is 0 Å². The van der Waals surface area contributed by atoms with Crippen LogP contribution in [0, 0.1) is 0 Å². The SMILES string of the molecule is COc1ccc(N2CCN(C(=O)[C@H](Cc3ccccc3)N3Cc4ccccc4C3=O)CC2)cc1. The second-order valence-corrected chi connectivity index (χ2v) is 8.81. The molecule has 6 nitrogen and oxygen atoms in total. The highest BCUT2D eigenvalue weighted by Gasteiger charge is 2.38. The van der Waals surface area contributed by atoms with Crippen LogP contribution in [0.1, 0.15) is 21.5 Å². The predicted molar refractivity (Wildman–Crippen MR) is 132 cm³/mol. The summed E-state index contributed by atoms with van der Waals surface area (Å²) in [6.07, 6.45) is 0.512. The van der Waals surface area contributed by atoms with Gasteiger partial charge in [-0.2, -0.15) is 0 Å². The zero-order chi connectivity index (χ0) is 23.5. The molecule has 2 amide bonds. The first-order chi connectivity index (χ1) is 16.6. The minimum absolute atomic E-state index is 0.0272. The summed E-state index contributed by atoms with van der Waals surface area (Å²) in [4.78, 5) is 33.0.